The minimum atomic E-state index is -0.00101. The van der Waals surface area contributed by atoms with Crippen molar-refractivity contribution in [3.05, 3.63) is 0 Å². The van der Waals surface area contributed by atoms with Gasteiger partial charge >= 0.3 is 0 Å². The van der Waals surface area contributed by atoms with Gasteiger partial charge in [-0.2, -0.15) is 0 Å². The van der Waals surface area contributed by atoms with Crippen LogP contribution in [0.4, 0.5) is 0 Å². The molecule has 1 aliphatic carbocycles. The quantitative estimate of drug-likeness (QED) is 0.794. The van der Waals surface area contributed by atoms with E-state index in [0.29, 0.717) is 12.5 Å². The van der Waals surface area contributed by atoms with Gasteiger partial charge in [0, 0.05) is 19.1 Å². The van der Waals surface area contributed by atoms with Gasteiger partial charge in [0.2, 0.25) is 5.91 Å². The highest BCUT2D eigenvalue weighted by Crippen LogP contribution is 2.28. The fourth-order valence-corrected chi connectivity index (χ4v) is 3.12. The largest absolute Gasteiger partial charge is 0.355 e. The number of nitrogens with one attached hydrogen (secondary N) is 1. The van der Waals surface area contributed by atoms with Crippen molar-refractivity contribution in [2.24, 2.45) is 23.0 Å². The molecule has 0 aromatic heterocycles. The zero-order valence-corrected chi connectivity index (χ0v) is 13.2. The number of carbonyl (C=O) groups is 1. The number of amides is 1. The van der Waals surface area contributed by atoms with E-state index in [1.165, 1.54) is 0 Å². The maximum atomic E-state index is 12.3. The highest BCUT2D eigenvalue weighted by molar-refractivity contribution is 5.79. The third kappa shape index (κ3) is 5.11. The lowest BCUT2D eigenvalue weighted by atomic mass is 9.77. The summed E-state index contributed by atoms with van der Waals surface area (Å²) in [5.41, 5.74) is 6.26. The maximum Gasteiger partial charge on any atom is 0.224 e. The molecule has 1 amide bonds. The van der Waals surface area contributed by atoms with E-state index in [1.54, 1.807) is 0 Å². The molecule has 0 aromatic rings. The molecule has 19 heavy (non-hydrogen) atoms. The number of rotatable bonds is 5. The molecule has 4 heteroatoms. The SMILES string of the molecule is CC1CCCC(C(=O)NCC(C)(C)CN(C)C)C1N. The first-order valence-electron chi connectivity index (χ1n) is 7.41. The molecule has 3 atom stereocenters. The summed E-state index contributed by atoms with van der Waals surface area (Å²) in [5.74, 6) is 0.601. The Labute approximate surface area is 118 Å². The smallest absolute Gasteiger partial charge is 0.224 e. The second kappa shape index (κ2) is 6.71. The first kappa shape index (κ1) is 16.4. The second-order valence-corrected chi connectivity index (χ2v) is 7.21. The summed E-state index contributed by atoms with van der Waals surface area (Å²) in [6.07, 6.45) is 3.20. The molecule has 0 spiro atoms. The Kier molecular flexibility index (Phi) is 5.81. The summed E-state index contributed by atoms with van der Waals surface area (Å²) < 4.78 is 0. The molecular formula is C15H31N3O. The lowest BCUT2D eigenvalue weighted by Gasteiger charge is -2.34. The molecule has 0 aromatic carbocycles. The van der Waals surface area contributed by atoms with Gasteiger partial charge in [0.15, 0.2) is 0 Å². The maximum absolute atomic E-state index is 12.3. The van der Waals surface area contributed by atoms with Gasteiger partial charge in [-0.25, -0.2) is 0 Å². The van der Waals surface area contributed by atoms with Crippen LogP contribution in [0.2, 0.25) is 0 Å². The summed E-state index contributed by atoms with van der Waals surface area (Å²) in [4.78, 5) is 14.4. The molecule has 112 valence electrons. The topological polar surface area (TPSA) is 58.4 Å². The van der Waals surface area contributed by atoms with Crippen molar-refractivity contribution in [3.8, 4) is 0 Å². The summed E-state index contributed by atoms with van der Waals surface area (Å²) in [7, 11) is 4.12. The Hall–Kier alpha value is -0.610. The van der Waals surface area contributed by atoms with Crippen LogP contribution in [0.5, 0.6) is 0 Å². The average Bonchev–Trinajstić information content (AvgIpc) is 2.28. The summed E-state index contributed by atoms with van der Waals surface area (Å²) in [6.45, 7) is 8.18. The predicted octanol–water partition coefficient (Wildman–Crippen LogP) is 1.45. The van der Waals surface area contributed by atoms with Crippen LogP contribution in [0, 0.1) is 17.3 Å². The van der Waals surface area contributed by atoms with Crippen LogP contribution in [0.25, 0.3) is 0 Å². The molecule has 0 bridgehead atoms. The highest BCUT2D eigenvalue weighted by Gasteiger charge is 2.33. The lowest BCUT2D eigenvalue weighted by Crippen LogP contribution is -2.49. The number of hydrogen-bond donors (Lipinski definition) is 2. The molecule has 3 N–H and O–H groups in total. The minimum Gasteiger partial charge on any atom is -0.355 e. The molecule has 1 fully saturated rings. The zero-order valence-electron chi connectivity index (χ0n) is 13.2. The van der Waals surface area contributed by atoms with E-state index < -0.39 is 0 Å². The number of nitrogens with two attached hydrogens (primary N) is 1. The molecule has 0 aliphatic heterocycles. The van der Waals surface area contributed by atoms with E-state index in [-0.39, 0.29) is 23.3 Å². The molecule has 0 heterocycles. The van der Waals surface area contributed by atoms with Gasteiger partial charge in [-0.3, -0.25) is 4.79 Å². The van der Waals surface area contributed by atoms with Crippen molar-refractivity contribution in [1.82, 2.24) is 10.2 Å². The Morgan fingerprint density at radius 3 is 2.58 bits per heavy atom. The molecule has 0 saturated heterocycles. The standard InChI is InChI=1S/C15H31N3O/c1-11-7-6-8-12(13(11)16)14(19)17-9-15(2,3)10-18(4)5/h11-13H,6-10,16H2,1-5H3,(H,17,19). The minimum absolute atomic E-state index is 0.00101. The predicted molar refractivity (Wildman–Crippen MR) is 79.8 cm³/mol. The van der Waals surface area contributed by atoms with Crippen LogP contribution in [0.3, 0.4) is 0 Å². The summed E-state index contributed by atoms with van der Waals surface area (Å²) >= 11 is 0. The van der Waals surface area contributed by atoms with Gasteiger partial charge in [0.05, 0.1) is 5.92 Å². The molecule has 4 nitrogen and oxygen atoms in total. The van der Waals surface area contributed by atoms with Gasteiger partial charge in [-0.05, 0) is 38.3 Å². The van der Waals surface area contributed by atoms with E-state index in [1.807, 2.05) is 0 Å². The third-order valence-electron chi connectivity index (χ3n) is 4.12. The Morgan fingerprint density at radius 2 is 2.00 bits per heavy atom. The van der Waals surface area contributed by atoms with Crippen LogP contribution < -0.4 is 11.1 Å². The number of carbonyl (C=O) groups excluding carboxylic acids is 1. The summed E-state index contributed by atoms with van der Waals surface area (Å²) in [6, 6.07) is 0.0192. The van der Waals surface area contributed by atoms with Crippen molar-refractivity contribution in [2.75, 3.05) is 27.2 Å². The van der Waals surface area contributed by atoms with Crippen molar-refractivity contribution in [3.63, 3.8) is 0 Å². The lowest BCUT2D eigenvalue weighted by molar-refractivity contribution is -0.127. The molecule has 1 aliphatic rings. The van der Waals surface area contributed by atoms with Gasteiger partial charge in [0.1, 0.15) is 0 Å². The normalized spacial score (nSPS) is 28.5. The van der Waals surface area contributed by atoms with Gasteiger partial charge < -0.3 is 16.0 Å². The van der Waals surface area contributed by atoms with Crippen molar-refractivity contribution in [1.29, 1.82) is 0 Å². The zero-order chi connectivity index (χ0) is 14.6. The second-order valence-electron chi connectivity index (χ2n) is 7.21. The first-order chi connectivity index (χ1) is 8.73. The van der Waals surface area contributed by atoms with Crippen LogP contribution in [-0.4, -0.2) is 44.0 Å². The summed E-state index contributed by atoms with van der Waals surface area (Å²) in [5, 5.41) is 3.10. The third-order valence-corrected chi connectivity index (χ3v) is 4.12. The Morgan fingerprint density at radius 1 is 1.37 bits per heavy atom. The van der Waals surface area contributed by atoms with Crippen LogP contribution in [0.15, 0.2) is 0 Å². The molecule has 3 unspecified atom stereocenters. The molecular weight excluding hydrogens is 238 g/mol. The van der Waals surface area contributed by atoms with E-state index in [9.17, 15) is 4.79 Å². The molecule has 1 saturated carbocycles. The van der Waals surface area contributed by atoms with E-state index in [4.69, 9.17) is 5.73 Å². The number of nitrogens with zero attached hydrogens (tertiary/aromatic N) is 1. The molecule has 1 rings (SSSR count). The van der Waals surface area contributed by atoms with Gasteiger partial charge in [-0.1, -0.05) is 27.2 Å². The van der Waals surface area contributed by atoms with Crippen molar-refractivity contribution < 1.29 is 4.79 Å². The van der Waals surface area contributed by atoms with E-state index in [0.717, 1.165) is 25.8 Å². The van der Waals surface area contributed by atoms with Gasteiger partial charge in [0.25, 0.3) is 0 Å². The van der Waals surface area contributed by atoms with Crippen LogP contribution in [-0.2, 0) is 4.79 Å². The number of hydrogen-bond acceptors (Lipinski definition) is 3. The van der Waals surface area contributed by atoms with Crippen molar-refractivity contribution >= 4 is 5.91 Å². The average molecular weight is 269 g/mol. The van der Waals surface area contributed by atoms with Crippen LogP contribution in [0.1, 0.15) is 40.0 Å². The van der Waals surface area contributed by atoms with Crippen molar-refractivity contribution in [2.45, 2.75) is 46.1 Å². The highest BCUT2D eigenvalue weighted by atomic mass is 16.1. The first-order valence-corrected chi connectivity index (χ1v) is 7.41. The fourth-order valence-electron chi connectivity index (χ4n) is 3.12. The Balaban J connectivity index is 2.46. The van der Waals surface area contributed by atoms with E-state index >= 15 is 0 Å². The van der Waals surface area contributed by atoms with E-state index in [2.05, 4.69) is 45.1 Å². The fraction of sp³-hybridized carbons (Fsp3) is 0.933. The Bertz CT molecular complexity index is 302. The monoisotopic (exact) mass is 269 g/mol. The molecule has 0 radical (unpaired) electrons. The van der Waals surface area contributed by atoms with Gasteiger partial charge in [-0.15, -0.1) is 0 Å². The van der Waals surface area contributed by atoms with Crippen LogP contribution >= 0.6 is 0 Å².